The van der Waals surface area contributed by atoms with Gasteiger partial charge < -0.3 is 10.0 Å². The minimum atomic E-state index is -0.897. The van der Waals surface area contributed by atoms with E-state index in [1.807, 2.05) is 0 Å². The minimum Gasteiger partial charge on any atom is -0.481 e. The van der Waals surface area contributed by atoms with E-state index in [0.717, 1.165) is 18.9 Å². The first kappa shape index (κ1) is 15.5. The van der Waals surface area contributed by atoms with Crippen LogP contribution in [0.3, 0.4) is 0 Å². The summed E-state index contributed by atoms with van der Waals surface area (Å²) in [4.78, 5) is 25.7. The van der Waals surface area contributed by atoms with Crippen LogP contribution in [0.4, 0.5) is 8.78 Å². The van der Waals surface area contributed by atoms with Crippen molar-refractivity contribution in [3.63, 3.8) is 0 Å². The minimum absolute atomic E-state index is 0.0366. The van der Waals surface area contributed by atoms with Gasteiger partial charge in [-0.25, -0.2) is 8.78 Å². The van der Waals surface area contributed by atoms with Crippen LogP contribution < -0.4 is 0 Å². The van der Waals surface area contributed by atoms with Crippen LogP contribution in [-0.2, 0) is 9.59 Å². The highest BCUT2D eigenvalue weighted by Gasteiger charge is 2.52. The summed E-state index contributed by atoms with van der Waals surface area (Å²) in [5.41, 5.74) is 0.251. The molecule has 0 spiro atoms. The maximum absolute atomic E-state index is 13.9. The standard InChI is InChI=1S/C18H19F2NO3/c19-15-3-1-2-10(16(15)20)11-6-12(11)17(22)21-7-13(9-4-5-9)14(8-21)18(23)24/h1-3,9,11-14H,4-8H2,(H,23,24)/t11?,12?,13-,14+/m1/s1. The molecule has 1 aromatic carbocycles. The second-order valence-corrected chi connectivity index (χ2v) is 7.28. The fraction of sp³-hybridized carbons (Fsp3) is 0.556. The van der Waals surface area contributed by atoms with Gasteiger partial charge in [-0.2, -0.15) is 0 Å². The summed E-state index contributed by atoms with van der Waals surface area (Å²) in [5, 5.41) is 9.38. The first-order valence-corrected chi connectivity index (χ1v) is 8.43. The van der Waals surface area contributed by atoms with Crippen LogP contribution in [-0.4, -0.2) is 35.0 Å². The zero-order valence-electron chi connectivity index (χ0n) is 13.1. The summed E-state index contributed by atoms with van der Waals surface area (Å²) in [7, 11) is 0. The highest BCUT2D eigenvalue weighted by molar-refractivity contribution is 5.84. The Bertz CT molecular complexity index is 704. The zero-order valence-corrected chi connectivity index (χ0v) is 13.1. The maximum atomic E-state index is 13.9. The van der Waals surface area contributed by atoms with Crippen molar-refractivity contribution in [1.29, 1.82) is 0 Å². The molecule has 0 bridgehead atoms. The number of halogens is 2. The molecular formula is C18H19F2NO3. The molecule has 4 nitrogen and oxygen atoms in total. The number of amides is 1. The second-order valence-electron chi connectivity index (χ2n) is 7.28. The van der Waals surface area contributed by atoms with Crippen LogP contribution in [0, 0.1) is 35.3 Å². The molecule has 2 aliphatic carbocycles. The number of carboxylic acid groups (broad SMARTS) is 1. The predicted octanol–water partition coefficient (Wildman–Crippen LogP) is 2.64. The molecule has 0 aromatic heterocycles. The van der Waals surface area contributed by atoms with Gasteiger partial charge in [0.2, 0.25) is 5.91 Å². The Labute approximate surface area is 138 Å². The molecule has 1 heterocycles. The second kappa shape index (κ2) is 5.53. The van der Waals surface area contributed by atoms with E-state index < -0.39 is 23.5 Å². The third kappa shape index (κ3) is 2.58. The van der Waals surface area contributed by atoms with Gasteiger partial charge in [0.1, 0.15) is 0 Å². The van der Waals surface area contributed by atoms with Crippen molar-refractivity contribution in [3.05, 3.63) is 35.4 Å². The highest BCUT2D eigenvalue weighted by Crippen LogP contribution is 2.51. The molecule has 128 valence electrons. The molecule has 0 radical (unpaired) electrons. The van der Waals surface area contributed by atoms with E-state index in [0.29, 0.717) is 18.9 Å². The Morgan fingerprint density at radius 2 is 1.88 bits per heavy atom. The predicted molar refractivity (Wildman–Crippen MR) is 81.1 cm³/mol. The first-order valence-electron chi connectivity index (χ1n) is 8.43. The van der Waals surface area contributed by atoms with E-state index in [2.05, 4.69) is 0 Å². The van der Waals surface area contributed by atoms with Gasteiger partial charge in [-0.1, -0.05) is 12.1 Å². The number of nitrogens with zero attached hydrogens (tertiary/aromatic N) is 1. The fourth-order valence-corrected chi connectivity index (χ4v) is 4.13. The molecule has 1 amide bonds. The van der Waals surface area contributed by atoms with E-state index in [4.69, 9.17) is 0 Å². The number of rotatable bonds is 4. The van der Waals surface area contributed by atoms with Crippen LogP contribution in [0.5, 0.6) is 0 Å². The Morgan fingerprint density at radius 1 is 1.12 bits per heavy atom. The van der Waals surface area contributed by atoms with E-state index in [1.165, 1.54) is 12.1 Å². The third-order valence-electron chi connectivity index (χ3n) is 5.71. The molecule has 2 unspecified atom stereocenters. The molecule has 4 atom stereocenters. The molecule has 2 saturated carbocycles. The summed E-state index contributed by atoms with van der Waals surface area (Å²) < 4.78 is 27.2. The van der Waals surface area contributed by atoms with Crippen LogP contribution in [0.25, 0.3) is 0 Å². The van der Waals surface area contributed by atoms with Crippen molar-refractivity contribution in [2.45, 2.75) is 25.2 Å². The number of carboxylic acids is 1. The Hall–Kier alpha value is -1.98. The number of carbonyl (C=O) groups excluding carboxylic acids is 1. The Morgan fingerprint density at radius 3 is 2.54 bits per heavy atom. The van der Waals surface area contributed by atoms with Gasteiger partial charge in [-0.15, -0.1) is 0 Å². The molecule has 1 N–H and O–H groups in total. The van der Waals surface area contributed by atoms with Crippen LogP contribution in [0.2, 0.25) is 0 Å². The van der Waals surface area contributed by atoms with Crippen molar-refractivity contribution in [2.24, 2.45) is 23.7 Å². The van der Waals surface area contributed by atoms with Crippen molar-refractivity contribution in [1.82, 2.24) is 4.90 Å². The average molecular weight is 335 g/mol. The van der Waals surface area contributed by atoms with Gasteiger partial charge in [0.25, 0.3) is 0 Å². The molecule has 3 fully saturated rings. The van der Waals surface area contributed by atoms with Crippen molar-refractivity contribution in [3.8, 4) is 0 Å². The fourth-order valence-electron chi connectivity index (χ4n) is 4.13. The normalized spacial score (nSPS) is 32.0. The van der Waals surface area contributed by atoms with E-state index in [-0.39, 0.29) is 35.8 Å². The lowest BCUT2D eigenvalue weighted by Crippen LogP contribution is -2.31. The van der Waals surface area contributed by atoms with Crippen LogP contribution in [0.1, 0.15) is 30.7 Å². The molecule has 6 heteroatoms. The molecule has 24 heavy (non-hydrogen) atoms. The van der Waals surface area contributed by atoms with Gasteiger partial charge in [0.15, 0.2) is 11.6 Å². The summed E-state index contributed by atoms with van der Waals surface area (Å²) in [6.07, 6.45) is 2.58. The third-order valence-corrected chi connectivity index (χ3v) is 5.71. The molecule has 3 aliphatic rings. The van der Waals surface area contributed by atoms with E-state index in [9.17, 15) is 23.5 Å². The van der Waals surface area contributed by atoms with E-state index in [1.54, 1.807) is 4.90 Å². The molecular weight excluding hydrogens is 316 g/mol. The van der Waals surface area contributed by atoms with Gasteiger partial charge in [-0.05, 0) is 48.6 Å². The Kier molecular flexibility index (Phi) is 3.58. The number of benzene rings is 1. The number of hydrogen-bond donors (Lipinski definition) is 1. The first-order chi connectivity index (χ1) is 11.5. The molecule has 1 aliphatic heterocycles. The van der Waals surface area contributed by atoms with Gasteiger partial charge >= 0.3 is 5.97 Å². The number of carbonyl (C=O) groups is 2. The lowest BCUT2D eigenvalue weighted by atomic mass is 9.92. The highest BCUT2D eigenvalue weighted by atomic mass is 19.2. The summed E-state index contributed by atoms with van der Waals surface area (Å²) in [6.45, 7) is 0.722. The quantitative estimate of drug-likeness (QED) is 0.920. The largest absolute Gasteiger partial charge is 0.481 e. The van der Waals surface area contributed by atoms with E-state index >= 15 is 0 Å². The smallest absolute Gasteiger partial charge is 0.308 e. The number of hydrogen-bond acceptors (Lipinski definition) is 2. The van der Waals surface area contributed by atoms with Crippen LogP contribution in [0.15, 0.2) is 18.2 Å². The summed E-state index contributed by atoms with van der Waals surface area (Å²) in [6, 6.07) is 4.04. The maximum Gasteiger partial charge on any atom is 0.308 e. The van der Waals surface area contributed by atoms with Gasteiger partial charge in [-0.3, -0.25) is 9.59 Å². The zero-order chi connectivity index (χ0) is 17.0. The average Bonchev–Trinajstić information content (AvgIpc) is 3.47. The molecule has 1 aromatic rings. The van der Waals surface area contributed by atoms with Gasteiger partial charge in [0.05, 0.1) is 5.92 Å². The number of likely N-dealkylation sites (tertiary alicyclic amines) is 1. The summed E-state index contributed by atoms with van der Waals surface area (Å²) in [5.74, 6) is -3.42. The molecule has 1 saturated heterocycles. The summed E-state index contributed by atoms with van der Waals surface area (Å²) >= 11 is 0. The lowest BCUT2D eigenvalue weighted by molar-refractivity contribution is -0.142. The lowest BCUT2D eigenvalue weighted by Gasteiger charge is -2.16. The SMILES string of the molecule is O=C(O)[C@H]1CN(C(=O)C2CC2c2cccc(F)c2F)C[C@@H]1C1CC1. The Balaban J connectivity index is 1.46. The van der Waals surface area contributed by atoms with Crippen LogP contribution >= 0.6 is 0 Å². The van der Waals surface area contributed by atoms with Gasteiger partial charge in [0, 0.05) is 19.0 Å². The van der Waals surface area contributed by atoms with Crippen molar-refractivity contribution in [2.75, 3.05) is 13.1 Å². The molecule has 4 rings (SSSR count). The van der Waals surface area contributed by atoms with Crippen molar-refractivity contribution < 1.29 is 23.5 Å². The number of aliphatic carboxylic acids is 1. The van der Waals surface area contributed by atoms with Crippen molar-refractivity contribution >= 4 is 11.9 Å². The topological polar surface area (TPSA) is 57.6 Å². The monoisotopic (exact) mass is 335 g/mol.